The molecule has 0 saturated heterocycles. The van der Waals surface area contributed by atoms with Crippen molar-refractivity contribution in [1.82, 2.24) is 10.3 Å². The Morgan fingerprint density at radius 3 is 2.83 bits per heavy atom. The fraction of sp³-hybridized carbons (Fsp3) is 0.222. The first kappa shape index (κ1) is 16.0. The highest BCUT2D eigenvalue weighted by Gasteiger charge is 2.16. The van der Waals surface area contributed by atoms with Crippen LogP contribution >= 0.6 is 0 Å². The molecule has 6 nitrogen and oxygen atoms in total. The lowest BCUT2D eigenvalue weighted by atomic mass is 9.98. The number of methoxy groups -OCH3 is 1. The number of hydrogen-bond donors (Lipinski definition) is 2. The standard InChI is InChI=1S/C18H19N3O3/c1-23-18(22)15-4-2-13(12-6-8-20-9-7-12)10-16(15)24-14-3-5-17(19)21-11-14/h2-6,10-11,20H,7-9H2,1H3,(H2,19,21). The van der Waals surface area contributed by atoms with Crippen molar-refractivity contribution in [2.45, 2.75) is 6.42 Å². The van der Waals surface area contributed by atoms with Crippen molar-refractivity contribution in [3.8, 4) is 11.5 Å². The second-order valence-electron chi connectivity index (χ2n) is 5.41. The van der Waals surface area contributed by atoms with E-state index in [4.69, 9.17) is 15.2 Å². The number of rotatable bonds is 4. The zero-order valence-corrected chi connectivity index (χ0v) is 13.4. The second kappa shape index (κ2) is 7.14. The van der Waals surface area contributed by atoms with Gasteiger partial charge in [-0.3, -0.25) is 0 Å². The molecule has 24 heavy (non-hydrogen) atoms. The van der Waals surface area contributed by atoms with Crippen LogP contribution in [0, 0.1) is 0 Å². The van der Waals surface area contributed by atoms with Crippen LogP contribution in [0.2, 0.25) is 0 Å². The Bertz CT molecular complexity index is 770. The third kappa shape index (κ3) is 3.55. The van der Waals surface area contributed by atoms with E-state index in [1.807, 2.05) is 12.1 Å². The molecule has 0 radical (unpaired) electrons. The van der Waals surface area contributed by atoms with Crippen LogP contribution in [0.4, 0.5) is 5.82 Å². The van der Waals surface area contributed by atoms with Gasteiger partial charge < -0.3 is 20.5 Å². The maximum absolute atomic E-state index is 12.0. The summed E-state index contributed by atoms with van der Waals surface area (Å²) < 4.78 is 10.7. The molecule has 1 aromatic carbocycles. The van der Waals surface area contributed by atoms with E-state index in [0.717, 1.165) is 25.1 Å². The molecule has 0 unspecified atom stereocenters. The van der Waals surface area contributed by atoms with Crippen LogP contribution in [0.3, 0.4) is 0 Å². The van der Waals surface area contributed by atoms with Crippen LogP contribution in [0.1, 0.15) is 22.3 Å². The third-order valence-electron chi connectivity index (χ3n) is 3.81. The zero-order chi connectivity index (χ0) is 16.9. The zero-order valence-electron chi connectivity index (χ0n) is 13.4. The SMILES string of the molecule is COC(=O)c1ccc(C2=CCNCC2)cc1Oc1ccc(N)nc1. The van der Waals surface area contributed by atoms with Gasteiger partial charge in [-0.25, -0.2) is 9.78 Å². The van der Waals surface area contributed by atoms with Crippen molar-refractivity contribution in [1.29, 1.82) is 0 Å². The van der Waals surface area contributed by atoms with E-state index in [2.05, 4.69) is 16.4 Å². The first-order valence-corrected chi connectivity index (χ1v) is 7.69. The maximum Gasteiger partial charge on any atom is 0.341 e. The molecule has 6 heteroatoms. The minimum atomic E-state index is -0.445. The number of aromatic nitrogens is 1. The van der Waals surface area contributed by atoms with Crippen molar-refractivity contribution in [2.75, 3.05) is 25.9 Å². The van der Waals surface area contributed by atoms with Crippen LogP contribution < -0.4 is 15.8 Å². The minimum Gasteiger partial charge on any atom is -0.465 e. The van der Waals surface area contributed by atoms with E-state index in [1.165, 1.54) is 18.9 Å². The van der Waals surface area contributed by atoms with Gasteiger partial charge in [-0.1, -0.05) is 12.1 Å². The summed E-state index contributed by atoms with van der Waals surface area (Å²) in [5.41, 5.74) is 8.21. The molecule has 0 saturated carbocycles. The molecule has 0 spiro atoms. The lowest BCUT2D eigenvalue weighted by Gasteiger charge is -2.16. The van der Waals surface area contributed by atoms with Crippen LogP contribution in [0.15, 0.2) is 42.6 Å². The molecule has 3 N–H and O–H groups in total. The molecule has 0 amide bonds. The molecule has 1 aromatic heterocycles. The van der Waals surface area contributed by atoms with Gasteiger partial charge in [0, 0.05) is 6.54 Å². The number of carbonyl (C=O) groups is 1. The number of esters is 1. The Kier molecular flexibility index (Phi) is 4.77. The van der Waals surface area contributed by atoms with Crippen molar-refractivity contribution < 1.29 is 14.3 Å². The summed E-state index contributed by atoms with van der Waals surface area (Å²) in [6.07, 6.45) is 4.60. The highest BCUT2D eigenvalue weighted by molar-refractivity contribution is 5.93. The smallest absolute Gasteiger partial charge is 0.341 e. The predicted molar refractivity (Wildman–Crippen MR) is 92.0 cm³/mol. The molecule has 0 atom stereocenters. The lowest BCUT2D eigenvalue weighted by molar-refractivity contribution is 0.0598. The molecule has 124 valence electrons. The topological polar surface area (TPSA) is 86.5 Å². The number of carbonyl (C=O) groups excluding carboxylic acids is 1. The highest BCUT2D eigenvalue weighted by atomic mass is 16.5. The average molecular weight is 325 g/mol. The van der Waals surface area contributed by atoms with Gasteiger partial charge in [-0.2, -0.15) is 0 Å². The van der Waals surface area contributed by atoms with Crippen molar-refractivity contribution in [3.05, 3.63) is 53.7 Å². The number of anilines is 1. The highest BCUT2D eigenvalue weighted by Crippen LogP contribution is 2.31. The minimum absolute atomic E-state index is 0.368. The van der Waals surface area contributed by atoms with E-state index in [1.54, 1.807) is 18.2 Å². The van der Waals surface area contributed by atoms with Gasteiger partial charge in [0.05, 0.1) is 13.3 Å². The van der Waals surface area contributed by atoms with Crippen LogP contribution in [0.25, 0.3) is 5.57 Å². The third-order valence-corrected chi connectivity index (χ3v) is 3.81. The number of nitrogens with one attached hydrogen (secondary N) is 1. The van der Waals surface area contributed by atoms with E-state index >= 15 is 0 Å². The fourth-order valence-corrected chi connectivity index (χ4v) is 2.55. The lowest BCUT2D eigenvalue weighted by Crippen LogP contribution is -2.20. The van der Waals surface area contributed by atoms with Gasteiger partial charge in [0.1, 0.15) is 22.9 Å². The molecule has 0 bridgehead atoms. The van der Waals surface area contributed by atoms with Crippen molar-refractivity contribution in [3.63, 3.8) is 0 Å². The number of nitrogen functional groups attached to an aromatic ring is 1. The predicted octanol–water partition coefficient (Wildman–Crippen LogP) is 2.62. The van der Waals surface area contributed by atoms with E-state index in [-0.39, 0.29) is 0 Å². The van der Waals surface area contributed by atoms with Gasteiger partial charge in [0.25, 0.3) is 0 Å². The van der Waals surface area contributed by atoms with Gasteiger partial charge in [-0.05, 0) is 48.4 Å². The maximum atomic E-state index is 12.0. The molecule has 2 heterocycles. The molecule has 1 aliphatic rings. The normalized spacial score (nSPS) is 14.0. The van der Waals surface area contributed by atoms with Crippen molar-refractivity contribution in [2.24, 2.45) is 0 Å². The van der Waals surface area contributed by atoms with Crippen molar-refractivity contribution >= 4 is 17.4 Å². The molecular weight excluding hydrogens is 306 g/mol. The van der Waals surface area contributed by atoms with Crippen LogP contribution in [-0.2, 0) is 4.74 Å². The number of hydrogen-bond acceptors (Lipinski definition) is 6. The number of pyridine rings is 1. The van der Waals surface area contributed by atoms with E-state index in [0.29, 0.717) is 22.9 Å². The second-order valence-corrected chi connectivity index (χ2v) is 5.41. The summed E-state index contributed by atoms with van der Waals surface area (Å²) in [6.45, 7) is 1.77. The summed E-state index contributed by atoms with van der Waals surface area (Å²) >= 11 is 0. The molecule has 0 aliphatic carbocycles. The molecule has 1 aliphatic heterocycles. The van der Waals surface area contributed by atoms with Gasteiger partial charge in [-0.15, -0.1) is 0 Å². The Morgan fingerprint density at radius 1 is 1.29 bits per heavy atom. The largest absolute Gasteiger partial charge is 0.465 e. The summed E-state index contributed by atoms with van der Waals surface area (Å²) in [5.74, 6) is 0.902. The molecule has 0 fully saturated rings. The van der Waals surface area contributed by atoms with Gasteiger partial charge in [0.15, 0.2) is 0 Å². The molecule has 2 aromatic rings. The summed E-state index contributed by atoms with van der Waals surface area (Å²) in [4.78, 5) is 16.0. The summed E-state index contributed by atoms with van der Waals surface area (Å²) in [5, 5.41) is 3.28. The first-order chi connectivity index (χ1) is 11.7. The Morgan fingerprint density at radius 2 is 2.17 bits per heavy atom. The first-order valence-electron chi connectivity index (χ1n) is 7.69. The van der Waals surface area contributed by atoms with Gasteiger partial charge >= 0.3 is 5.97 Å². The van der Waals surface area contributed by atoms with Crippen LogP contribution in [-0.4, -0.2) is 31.2 Å². The van der Waals surface area contributed by atoms with E-state index < -0.39 is 5.97 Å². The molecule has 3 rings (SSSR count). The Hall–Kier alpha value is -2.86. The number of nitrogens with zero attached hydrogens (tertiary/aromatic N) is 1. The van der Waals surface area contributed by atoms with E-state index in [9.17, 15) is 4.79 Å². The summed E-state index contributed by atoms with van der Waals surface area (Å²) in [7, 11) is 1.35. The monoisotopic (exact) mass is 325 g/mol. The Balaban J connectivity index is 1.97. The summed E-state index contributed by atoms with van der Waals surface area (Å²) in [6, 6.07) is 8.85. The fourth-order valence-electron chi connectivity index (χ4n) is 2.55. The van der Waals surface area contributed by atoms with Crippen LogP contribution in [0.5, 0.6) is 11.5 Å². The number of benzene rings is 1. The number of ether oxygens (including phenoxy) is 2. The Labute approximate surface area is 140 Å². The quantitative estimate of drug-likeness (QED) is 0.840. The van der Waals surface area contributed by atoms with Gasteiger partial charge in [0.2, 0.25) is 0 Å². The number of nitrogens with two attached hydrogens (primary N) is 1. The molecular formula is C18H19N3O3. The average Bonchev–Trinajstić information content (AvgIpc) is 2.63.